The first-order valence-corrected chi connectivity index (χ1v) is 8.65. The molecular formula is C20H25N3O4. The number of rotatable bonds is 8. The Kier molecular flexibility index (Phi) is 7.16. The van der Waals surface area contributed by atoms with Crippen molar-refractivity contribution >= 4 is 18.0 Å². The van der Waals surface area contributed by atoms with Gasteiger partial charge >= 0.3 is 5.97 Å². The summed E-state index contributed by atoms with van der Waals surface area (Å²) >= 11 is 0. The standard InChI is InChI=1S/C20H25N3O4/c1-14-18(15(2)23(3)22-14)9-10-20(25)27-13-19(24)21-12-11-16-5-7-17(26-4)8-6-16/h5-10H,11-13H2,1-4H3,(H,21,24)/b10-9+. The zero-order valence-corrected chi connectivity index (χ0v) is 16.1. The number of hydrogen-bond donors (Lipinski definition) is 1. The van der Waals surface area contributed by atoms with Crippen LogP contribution in [-0.4, -0.2) is 41.9 Å². The molecule has 0 spiro atoms. The minimum absolute atomic E-state index is 0.309. The van der Waals surface area contributed by atoms with Crippen molar-refractivity contribution in [1.29, 1.82) is 0 Å². The van der Waals surface area contributed by atoms with Crippen LogP contribution in [0.4, 0.5) is 0 Å². The van der Waals surface area contributed by atoms with Crippen LogP contribution in [0.2, 0.25) is 0 Å². The SMILES string of the molecule is COc1ccc(CCNC(=O)COC(=O)/C=C/c2c(C)nn(C)c2C)cc1. The maximum atomic E-state index is 11.8. The second kappa shape index (κ2) is 9.56. The topological polar surface area (TPSA) is 82.4 Å². The second-order valence-corrected chi connectivity index (χ2v) is 6.10. The summed E-state index contributed by atoms with van der Waals surface area (Å²) in [5.74, 6) is -0.110. The van der Waals surface area contributed by atoms with Crippen molar-refractivity contribution in [3.05, 3.63) is 52.9 Å². The molecule has 7 nitrogen and oxygen atoms in total. The Morgan fingerprint density at radius 2 is 1.93 bits per heavy atom. The Balaban J connectivity index is 1.71. The highest BCUT2D eigenvalue weighted by Crippen LogP contribution is 2.13. The Morgan fingerprint density at radius 1 is 1.22 bits per heavy atom. The lowest BCUT2D eigenvalue weighted by Crippen LogP contribution is -2.30. The molecule has 0 saturated heterocycles. The molecule has 0 saturated carbocycles. The van der Waals surface area contributed by atoms with Crippen LogP contribution >= 0.6 is 0 Å². The fourth-order valence-electron chi connectivity index (χ4n) is 2.56. The number of benzene rings is 1. The summed E-state index contributed by atoms with van der Waals surface area (Å²) in [4.78, 5) is 23.6. The van der Waals surface area contributed by atoms with Gasteiger partial charge in [-0.05, 0) is 44.0 Å². The maximum absolute atomic E-state index is 11.8. The van der Waals surface area contributed by atoms with Gasteiger partial charge in [0.2, 0.25) is 0 Å². The fourth-order valence-corrected chi connectivity index (χ4v) is 2.56. The van der Waals surface area contributed by atoms with Gasteiger partial charge < -0.3 is 14.8 Å². The van der Waals surface area contributed by atoms with E-state index >= 15 is 0 Å². The summed E-state index contributed by atoms with van der Waals surface area (Å²) in [5, 5.41) is 7.00. The largest absolute Gasteiger partial charge is 0.497 e. The number of aryl methyl sites for hydroxylation is 2. The van der Waals surface area contributed by atoms with Gasteiger partial charge in [-0.15, -0.1) is 0 Å². The average Bonchev–Trinajstić information content (AvgIpc) is 2.90. The van der Waals surface area contributed by atoms with Crippen molar-refractivity contribution in [2.75, 3.05) is 20.3 Å². The Morgan fingerprint density at radius 3 is 2.52 bits per heavy atom. The zero-order valence-electron chi connectivity index (χ0n) is 16.1. The van der Waals surface area contributed by atoms with Crippen molar-refractivity contribution in [3.63, 3.8) is 0 Å². The van der Waals surface area contributed by atoms with E-state index in [-0.39, 0.29) is 12.5 Å². The van der Waals surface area contributed by atoms with Gasteiger partial charge in [0.1, 0.15) is 5.75 Å². The van der Waals surface area contributed by atoms with Crippen LogP contribution < -0.4 is 10.1 Å². The molecule has 0 atom stereocenters. The number of nitrogens with zero attached hydrogens (tertiary/aromatic N) is 2. The third-order valence-corrected chi connectivity index (χ3v) is 4.19. The van der Waals surface area contributed by atoms with E-state index in [2.05, 4.69) is 10.4 Å². The van der Waals surface area contributed by atoms with Crippen molar-refractivity contribution in [2.24, 2.45) is 7.05 Å². The number of carbonyl (C=O) groups excluding carboxylic acids is 2. The number of amides is 1. The van der Waals surface area contributed by atoms with Gasteiger partial charge in [0.15, 0.2) is 6.61 Å². The molecule has 27 heavy (non-hydrogen) atoms. The summed E-state index contributed by atoms with van der Waals surface area (Å²) in [6.45, 7) is 3.94. The lowest BCUT2D eigenvalue weighted by molar-refractivity contribution is -0.143. The number of esters is 1. The molecule has 1 aromatic heterocycles. The van der Waals surface area contributed by atoms with Gasteiger partial charge in [-0.2, -0.15) is 5.10 Å². The molecule has 0 unspecified atom stereocenters. The van der Waals surface area contributed by atoms with E-state index in [0.717, 1.165) is 28.3 Å². The molecule has 0 aliphatic carbocycles. The van der Waals surface area contributed by atoms with E-state index in [1.807, 2.05) is 45.2 Å². The molecule has 0 aliphatic heterocycles. The molecule has 1 aromatic carbocycles. The quantitative estimate of drug-likeness (QED) is 0.567. The number of methoxy groups -OCH3 is 1. The fraction of sp³-hybridized carbons (Fsp3) is 0.350. The summed E-state index contributed by atoms with van der Waals surface area (Å²) < 4.78 is 11.8. The predicted octanol–water partition coefficient (Wildman–Crippen LogP) is 1.96. The van der Waals surface area contributed by atoms with Crippen LogP contribution in [0.5, 0.6) is 5.75 Å². The van der Waals surface area contributed by atoms with Gasteiger partial charge in [0.05, 0.1) is 12.8 Å². The van der Waals surface area contributed by atoms with E-state index in [1.54, 1.807) is 17.9 Å². The number of aromatic nitrogens is 2. The van der Waals surface area contributed by atoms with E-state index < -0.39 is 5.97 Å². The normalized spacial score (nSPS) is 10.8. The molecule has 0 radical (unpaired) electrons. The lowest BCUT2D eigenvalue weighted by atomic mass is 10.1. The highest BCUT2D eigenvalue weighted by atomic mass is 16.5. The molecule has 1 heterocycles. The van der Waals surface area contributed by atoms with Crippen molar-refractivity contribution < 1.29 is 19.1 Å². The van der Waals surface area contributed by atoms with Crippen molar-refractivity contribution in [2.45, 2.75) is 20.3 Å². The first kappa shape index (κ1) is 20.2. The summed E-state index contributed by atoms with van der Waals surface area (Å²) in [7, 11) is 3.46. The minimum Gasteiger partial charge on any atom is -0.497 e. The van der Waals surface area contributed by atoms with Gasteiger partial charge in [0, 0.05) is 30.9 Å². The number of nitrogens with one attached hydrogen (secondary N) is 1. The number of carbonyl (C=O) groups is 2. The third kappa shape index (κ3) is 5.99. The number of hydrogen-bond acceptors (Lipinski definition) is 5. The van der Waals surface area contributed by atoms with Crippen LogP contribution in [0, 0.1) is 13.8 Å². The molecule has 144 valence electrons. The average molecular weight is 371 g/mol. The molecule has 7 heteroatoms. The van der Waals surface area contributed by atoms with E-state index in [1.165, 1.54) is 6.08 Å². The first-order valence-electron chi connectivity index (χ1n) is 8.65. The summed E-state index contributed by atoms with van der Waals surface area (Å²) in [6, 6.07) is 7.63. The Bertz CT molecular complexity index is 822. The summed E-state index contributed by atoms with van der Waals surface area (Å²) in [5.41, 5.74) is 3.74. The number of ether oxygens (including phenoxy) is 2. The molecule has 0 bridgehead atoms. The van der Waals surface area contributed by atoms with Crippen LogP contribution in [0.25, 0.3) is 6.08 Å². The smallest absolute Gasteiger partial charge is 0.331 e. The maximum Gasteiger partial charge on any atom is 0.331 e. The van der Waals surface area contributed by atoms with E-state index in [4.69, 9.17) is 9.47 Å². The Hall–Kier alpha value is -3.09. The second-order valence-electron chi connectivity index (χ2n) is 6.10. The van der Waals surface area contributed by atoms with E-state index in [0.29, 0.717) is 13.0 Å². The van der Waals surface area contributed by atoms with Gasteiger partial charge in [0.25, 0.3) is 5.91 Å². The minimum atomic E-state index is -0.567. The molecule has 0 fully saturated rings. The Labute approximate surface area is 159 Å². The molecule has 2 aromatic rings. The zero-order chi connectivity index (χ0) is 19.8. The van der Waals surface area contributed by atoms with Crippen LogP contribution in [0.15, 0.2) is 30.3 Å². The lowest BCUT2D eigenvalue weighted by Gasteiger charge is -2.06. The monoisotopic (exact) mass is 371 g/mol. The first-order chi connectivity index (χ1) is 12.9. The molecule has 0 aliphatic rings. The third-order valence-electron chi connectivity index (χ3n) is 4.19. The van der Waals surface area contributed by atoms with Crippen molar-refractivity contribution in [1.82, 2.24) is 15.1 Å². The predicted molar refractivity (Wildman–Crippen MR) is 102 cm³/mol. The summed E-state index contributed by atoms with van der Waals surface area (Å²) in [6.07, 6.45) is 3.65. The molecule has 1 amide bonds. The van der Waals surface area contributed by atoms with Crippen LogP contribution in [0.1, 0.15) is 22.5 Å². The van der Waals surface area contributed by atoms with E-state index in [9.17, 15) is 9.59 Å². The highest BCUT2D eigenvalue weighted by molar-refractivity contribution is 5.89. The molecular weight excluding hydrogens is 346 g/mol. The van der Waals surface area contributed by atoms with Gasteiger partial charge in [-0.25, -0.2) is 4.79 Å². The molecule has 1 N–H and O–H groups in total. The van der Waals surface area contributed by atoms with Crippen molar-refractivity contribution in [3.8, 4) is 5.75 Å². The van der Waals surface area contributed by atoms with Gasteiger partial charge in [-0.3, -0.25) is 9.48 Å². The molecule has 2 rings (SSSR count). The van der Waals surface area contributed by atoms with Crippen LogP contribution in [0.3, 0.4) is 0 Å². The highest BCUT2D eigenvalue weighted by Gasteiger charge is 2.08. The van der Waals surface area contributed by atoms with Crippen LogP contribution in [-0.2, 0) is 27.8 Å². The van der Waals surface area contributed by atoms with Gasteiger partial charge in [-0.1, -0.05) is 12.1 Å².